The zero-order valence-electron chi connectivity index (χ0n) is 12.0. The van der Waals surface area contributed by atoms with Gasteiger partial charge in [0.2, 0.25) is 5.91 Å². The van der Waals surface area contributed by atoms with Gasteiger partial charge in [-0.15, -0.1) is 6.42 Å². The molecular formula is C16H19N3O2. The molecule has 0 radical (unpaired) electrons. The minimum atomic E-state index is -0.299. The van der Waals surface area contributed by atoms with Gasteiger partial charge in [-0.05, 0) is 37.5 Å². The van der Waals surface area contributed by atoms with Crippen LogP contribution in [0.15, 0.2) is 24.3 Å². The molecule has 0 saturated heterocycles. The van der Waals surface area contributed by atoms with Crippen LogP contribution < -0.4 is 16.0 Å². The number of carbonyl (C=O) groups is 2. The predicted molar refractivity (Wildman–Crippen MR) is 81.6 cm³/mol. The molecule has 0 bridgehead atoms. The minimum absolute atomic E-state index is 0.0857. The molecule has 0 spiro atoms. The number of rotatable bonds is 5. The second-order valence-corrected chi connectivity index (χ2v) is 5.14. The fourth-order valence-corrected chi connectivity index (χ4v) is 1.91. The maximum Gasteiger partial charge on any atom is 0.316 e. The van der Waals surface area contributed by atoms with E-state index in [9.17, 15) is 9.59 Å². The number of hydrogen-bond acceptors (Lipinski definition) is 2. The van der Waals surface area contributed by atoms with Crippen molar-refractivity contribution < 1.29 is 9.59 Å². The lowest BCUT2D eigenvalue weighted by Gasteiger charge is -2.15. The molecule has 2 rings (SSSR count). The number of hydrogen-bond donors (Lipinski definition) is 3. The smallest absolute Gasteiger partial charge is 0.316 e. The number of terminal acetylenes is 1. The Balaban J connectivity index is 1.87. The Labute approximate surface area is 124 Å². The first-order valence-electron chi connectivity index (χ1n) is 6.99. The van der Waals surface area contributed by atoms with Crippen LogP contribution in [-0.4, -0.2) is 18.5 Å². The van der Waals surface area contributed by atoms with Gasteiger partial charge in [0.25, 0.3) is 0 Å². The fraction of sp³-hybridized carbons (Fsp3) is 0.375. The van der Waals surface area contributed by atoms with Crippen molar-refractivity contribution in [3.63, 3.8) is 0 Å². The van der Waals surface area contributed by atoms with Crippen LogP contribution in [0, 0.1) is 18.3 Å². The van der Waals surface area contributed by atoms with Crippen LogP contribution in [0.4, 0.5) is 10.5 Å². The van der Waals surface area contributed by atoms with Crippen LogP contribution in [0.25, 0.3) is 0 Å². The van der Waals surface area contributed by atoms with Crippen molar-refractivity contribution >= 4 is 17.6 Å². The van der Waals surface area contributed by atoms with E-state index in [1.165, 1.54) is 0 Å². The summed E-state index contributed by atoms with van der Waals surface area (Å²) < 4.78 is 0. The molecular weight excluding hydrogens is 266 g/mol. The lowest BCUT2D eigenvalue weighted by Crippen LogP contribution is -2.37. The van der Waals surface area contributed by atoms with E-state index in [-0.39, 0.29) is 30.4 Å². The van der Waals surface area contributed by atoms with Gasteiger partial charge >= 0.3 is 6.03 Å². The summed E-state index contributed by atoms with van der Waals surface area (Å²) in [6.07, 6.45) is 7.04. The van der Waals surface area contributed by atoms with Gasteiger partial charge in [-0.3, -0.25) is 4.79 Å². The average Bonchev–Trinajstić information content (AvgIpc) is 3.30. The normalized spacial score (nSPS) is 14.7. The summed E-state index contributed by atoms with van der Waals surface area (Å²) in [7, 11) is 0. The van der Waals surface area contributed by atoms with E-state index in [0.29, 0.717) is 0 Å². The Morgan fingerprint density at radius 3 is 2.57 bits per heavy atom. The SMILES string of the molecule is C#CCNC(=O)N[C@H](C)c1ccc(NC(=O)C2CC2)cc1. The average molecular weight is 285 g/mol. The molecule has 5 nitrogen and oxygen atoms in total. The number of nitrogens with one attached hydrogen (secondary N) is 3. The molecule has 0 aromatic heterocycles. The first kappa shape index (κ1) is 14.9. The summed E-state index contributed by atoms with van der Waals surface area (Å²) in [4.78, 5) is 23.2. The quantitative estimate of drug-likeness (QED) is 0.724. The van der Waals surface area contributed by atoms with Crippen LogP contribution in [-0.2, 0) is 4.79 Å². The molecule has 21 heavy (non-hydrogen) atoms. The first-order valence-corrected chi connectivity index (χ1v) is 6.99. The number of anilines is 1. The fourth-order valence-electron chi connectivity index (χ4n) is 1.91. The summed E-state index contributed by atoms with van der Waals surface area (Å²) in [5.74, 6) is 2.61. The van der Waals surface area contributed by atoms with Gasteiger partial charge in [0.15, 0.2) is 0 Å². The van der Waals surface area contributed by atoms with E-state index in [4.69, 9.17) is 6.42 Å². The van der Waals surface area contributed by atoms with Crippen molar-refractivity contribution in [3.8, 4) is 12.3 Å². The van der Waals surface area contributed by atoms with E-state index in [1.807, 2.05) is 31.2 Å². The summed E-state index contributed by atoms with van der Waals surface area (Å²) in [5.41, 5.74) is 1.73. The molecule has 110 valence electrons. The third-order valence-corrected chi connectivity index (χ3v) is 3.32. The standard InChI is InChI=1S/C16H19N3O2/c1-3-10-17-16(21)18-11(2)12-6-8-14(9-7-12)19-15(20)13-4-5-13/h1,6-9,11,13H,4-5,10H2,2H3,(H,19,20)(H2,17,18,21)/t11-/m1/s1. The van der Waals surface area contributed by atoms with E-state index >= 15 is 0 Å². The number of urea groups is 1. The van der Waals surface area contributed by atoms with Crippen molar-refractivity contribution in [1.29, 1.82) is 0 Å². The van der Waals surface area contributed by atoms with Gasteiger partial charge < -0.3 is 16.0 Å². The highest BCUT2D eigenvalue weighted by Crippen LogP contribution is 2.30. The molecule has 0 unspecified atom stereocenters. The second-order valence-electron chi connectivity index (χ2n) is 5.14. The molecule has 1 saturated carbocycles. The molecule has 0 aliphatic heterocycles. The van der Waals surface area contributed by atoms with Crippen LogP contribution in [0.2, 0.25) is 0 Å². The molecule has 1 aliphatic carbocycles. The Kier molecular flexibility index (Phi) is 4.83. The molecule has 5 heteroatoms. The van der Waals surface area contributed by atoms with Gasteiger partial charge in [-0.2, -0.15) is 0 Å². The monoisotopic (exact) mass is 285 g/mol. The second kappa shape index (κ2) is 6.80. The Bertz CT molecular complexity index is 556. The van der Waals surface area contributed by atoms with Gasteiger partial charge in [0, 0.05) is 11.6 Å². The van der Waals surface area contributed by atoms with Gasteiger partial charge in [-0.25, -0.2) is 4.79 Å². The highest BCUT2D eigenvalue weighted by molar-refractivity contribution is 5.94. The van der Waals surface area contributed by atoms with Crippen LogP contribution in [0.1, 0.15) is 31.4 Å². The summed E-state index contributed by atoms with van der Waals surface area (Å²) >= 11 is 0. The zero-order valence-corrected chi connectivity index (χ0v) is 12.0. The minimum Gasteiger partial charge on any atom is -0.332 e. The molecule has 1 aliphatic rings. The Morgan fingerprint density at radius 1 is 1.33 bits per heavy atom. The van der Waals surface area contributed by atoms with Crippen molar-refractivity contribution in [1.82, 2.24) is 10.6 Å². The van der Waals surface area contributed by atoms with E-state index < -0.39 is 0 Å². The van der Waals surface area contributed by atoms with Gasteiger partial charge in [-0.1, -0.05) is 18.1 Å². The third-order valence-electron chi connectivity index (χ3n) is 3.32. The summed E-state index contributed by atoms with van der Waals surface area (Å²) in [6.45, 7) is 2.08. The van der Waals surface area contributed by atoms with Crippen LogP contribution in [0.3, 0.4) is 0 Å². The van der Waals surface area contributed by atoms with Crippen molar-refractivity contribution in [2.24, 2.45) is 5.92 Å². The van der Waals surface area contributed by atoms with Crippen LogP contribution >= 0.6 is 0 Å². The van der Waals surface area contributed by atoms with E-state index in [2.05, 4.69) is 21.9 Å². The molecule has 3 N–H and O–H groups in total. The summed E-state index contributed by atoms with van der Waals surface area (Å²) in [6, 6.07) is 7.01. The number of benzene rings is 1. The molecule has 1 atom stereocenters. The molecule has 1 aromatic rings. The van der Waals surface area contributed by atoms with Gasteiger partial charge in [0.1, 0.15) is 0 Å². The highest BCUT2D eigenvalue weighted by Gasteiger charge is 2.29. The van der Waals surface area contributed by atoms with Crippen molar-refractivity contribution in [2.75, 3.05) is 11.9 Å². The molecule has 1 fully saturated rings. The lowest BCUT2D eigenvalue weighted by molar-refractivity contribution is -0.117. The number of amides is 3. The van der Waals surface area contributed by atoms with Crippen molar-refractivity contribution in [3.05, 3.63) is 29.8 Å². The predicted octanol–water partition coefficient (Wildman–Crippen LogP) is 2.03. The summed E-state index contributed by atoms with van der Waals surface area (Å²) in [5, 5.41) is 8.21. The maximum atomic E-state index is 11.6. The number of carbonyl (C=O) groups excluding carboxylic acids is 2. The highest BCUT2D eigenvalue weighted by atomic mass is 16.2. The molecule has 3 amide bonds. The maximum absolute atomic E-state index is 11.6. The largest absolute Gasteiger partial charge is 0.332 e. The Morgan fingerprint density at radius 2 is 2.00 bits per heavy atom. The van der Waals surface area contributed by atoms with Crippen LogP contribution in [0.5, 0.6) is 0 Å². The Hall–Kier alpha value is -2.48. The van der Waals surface area contributed by atoms with Crippen molar-refractivity contribution in [2.45, 2.75) is 25.8 Å². The molecule has 1 aromatic carbocycles. The van der Waals surface area contributed by atoms with E-state index in [0.717, 1.165) is 24.1 Å². The lowest BCUT2D eigenvalue weighted by atomic mass is 10.1. The third kappa shape index (κ3) is 4.53. The topological polar surface area (TPSA) is 70.2 Å². The zero-order chi connectivity index (χ0) is 15.2. The molecule has 0 heterocycles. The van der Waals surface area contributed by atoms with E-state index in [1.54, 1.807) is 0 Å². The first-order chi connectivity index (χ1) is 10.1. The van der Waals surface area contributed by atoms with Gasteiger partial charge in [0.05, 0.1) is 12.6 Å².